The van der Waals surface area contributed by atoms with E-state index in [4.69, 9.17) is 5.11 Å². The molecule has 0 aliphatic heterocycles. The number of aliphatic hydroxyl groups excluding tert-OH is 1. The second kappa shape index (κ2) is 13.1. The van der Waals surface area contributed by atoms with Gasteiger partial charge in [-0.15, -0.1) is 0 Å². The van der Waals surface area contributed by atoms with Gasteiger partial charge in [-0.1, -0.05) is 61.6 Å². The van der Waals surface area contributed by atoms with Crippen molar-refractivity contribution in [3.63, 3.8) is 0 Å². The van der Waals surface area contributed by atoms with Crippen LogP contribution in [0, 0.1) is 11.8 Å². The van der Waals surface area contributed by atoms with Crippen molar-refractivity contribution in [2.45, 2.75) is 51.6 Å². The Morgan fingerprint density at radius 1 is 1.15 bits per heavy atom. The maximum absolute atomic E-state index is 11.9. The number of rotatable bonds is 12. The molecule has 1 aliphatic rings. The predicted molar refractivity (Wildman–Crippen MR) is 105 cm³/mol. The van der Waals surface area contributed by atoms with Gasteiger partial charge in [0.2, 0.25) is 0 Å². The Bertz CT molecular complexity index is 581. The number of carbonyl (C=O) groups is 2. The molecule has 1 rings (SSSR count). The Hall–Kier alpha value is -2.20. The van der Waals surface area contributed by atoms with E-state index in [-0.39, 0.29) is 24.0 Å². The Morgan fingerprint density at radius 3 is 2.46 bits per heavy atom. The summed E-state index contributed by atoms with van der Waals surface area (Å²) in [6.07, 6.45) is 22.7. The Balaban J connectivity index is 2.27. The Labute approximate surface area is 156 Å². The minimum absolute atomic E-state index is 0.109. The highest BCUT2D eigenvalue weighted by Gasteiger charge is 2.26. The van der Waals surface area contributed by atoms with Crippen molar-refractivity contribution in [1.29, 1.82) is 0 Å². The smallest absolute Gasteiger partial charge is 0.303 e. The van der Waals surface area contributed by atoms with Crippen LogP contribution in [0.3, 0.4) is 0 Å². The molecule has 0 bridgehead atoms. The minimum Gasteiger partial charge on any atom is -0.481 e. The first-order chi connectivity index (χ1) is 12.5. The number of carboxylic acids is 1. The third kappa shape index (κ3) is 9.33. The normalized spacial score (nSPS) is 21.8. The molecule has 0 saturated carbocycles. The highest BCUT2D eigenvalue weighted by Crippen LogP contribution is 2.27. The molecule has 4 heteroatoms. The third-order valence-electron chi connectivity index (χ3n) is 4.23. The summed E-state index contributed by atoms with van der Waals surface area (Å²) in [6.45, 7) is 1.91. The number of ketones is 1. The van der Waals surface area contributed by atoms with Crippen molar-refractivity contribution in [1.82, 2.24) is 0 Å². The molecule has 3 atom stereocenters. The van der Waals surface area contributed by atoms with Gasteiger partial charge in [-0.2, -0.15) is 0 Å². The van der Waals surface area contributed by atoms with Crippen molar-refractivity contribution >= 4 is 11.8 Å². The zero-order chi connectivity index (χ0) is 19.2. The third-order valence-corrected chi connectivity index (χ3v) is 4.23. The van der Waals surface area contributed by atoms with Gasteiger partial charge < -0.3 is 10.2 Å². The van der Waals surface area contributed by atoms with Gasteiger partial charge in [0.1, 0.15) is 0 Å². The van der Waals surface area contributed by atoms with E-state index in [2.05, 4.69) is 24.3 Å². The summed E-state index contributed by atoms with van der Waals surface area (Å²) in [5.74, 6) is -0.654. The summed E-state index contributed by atoms with van der Waals surface area (Å²) in [5, 5.41) is 18.1. The number of allylic oxidation sites excluding steroid dienone is 9. The van der Waals surface area contributed by atoms with Crippen molar-refractivity contribution in [3.05, 3.63) is 60.8 Å². The quantitative estimate of drug-likeness (QED) is 0.507. The highest BCUT2D eigenvalue weighted by molar-refractivity contribution is 5.95. The van der Waals surface area contributed by atoms with E-state index in [0.29, 0.717) is 12.8 Å². The fourth-order valence-electron chi connectivity index (χ4n) is 2.63. The van der Waals surface area contributed by atoms with Gasteiger partial charge in [0, 0.05) is 12.3 Å². The molecule has 0 saturated heterocycles. The van der Waals surface area contributed by atoms with Crippen LogP contribution in [0.15, 0.2) is 60.8 Å². The van der Waals surface area contributed by atoms with E-state index in [1.165, 1.54) is 0 Å². The van der Waals surface area contributed by atoms with Crippen LogP contribution in [0.1, 0.15) is 45.4 Å². The molecule has 26 heavy (non-hydrogen) atoms. The van der Waals surface area contributed by atoms with E-state index < -0.39 is 12.1 Å². The zero-order valence-electron chi connectivity index (χ0n) is 15.5. The minimum atomic E-state index is -0.770. The molecule has 0 unspecified atom stereocenters. The molecule has 0 heterocycles. The molecule has 0 spiro atoms. The first kappa shape index (κ1) is 21.8. The Morgan fingerprint density at radius 2 is 1.81 bits per heavy atom. The van der Waals surface area contributed by atoms with E-state index >= 15 is 0 Å². The maximum atomic E-state index is 11.9. The molecule has 4 nitrogen and oxygen atoms in total. The second-order valence-electron chi connectivity index (χ2n) is 6.37. The SMILES string of the molecule is CC[C@@H](O)/C=C/[C@H]1C(=O)C=C[C@H]1C/C=C\C/C=C\C/C=C\CCC(=O)O. The lowest BCUT2D eigenvalue weighted by Gasteiger charge is -2.13. The zero-order valence-corrected chi connectivity index (χ0v) is 15.5. The molecule has 0 radical (unpaired) electrons. The van der Waals surface area contributed by atoms with Gasteiger partial charge in [-0.25, -0.2) is 0 Å². The number of hydrogen-bond acceptors (Lipinski definition) is 3. The molecule has 0 aromatic rings. The van der Waals surface area contributed by atoms with Crippen molar-refractivity contribution in [3.8, 4) is 0 Å². The fraction of sp³-hybridized carbons (Fsp3) is 0.455. The monoisotopic (exact) mass is 358 g/mol. The van der Waals surface area contributed by atoms with Crippen LogP contribution in [0.4, 0.5) is 0 Å². The summed E-state index contributed by atoms with van der Waals surface area (Å²) in [5.41, 5.74) is 0. The lowest BCUT2D eigenvalue weighted by atomic mass is 9.91. The topological polar surface area (TPSA) is 74.6 Å². The lowest BCUT2D eigenvalue weighted by Crippen LogP contribution is -2.13. The number of hydrogen-bond donors (Lipinski definition) is 2. The van der Waals surface area contributed by atoms with Gasteiger partial charge >= 0.3 is 5.97 Å². The van der Waals surface area contributed by atoms with Crippen LogP contribution in [0.2, 0.25) is 0 Å². The van der Waals surface area contributed by atoms with Gasteiger partial charge in [0.05, 0.1) is 6.10 Å². The van der Waals surface area contributed by atoms with Crippen molar-refractivity contribution in [2.24, 2.45) is 11.8 Å². The van der Waals surface area contributed by atoms with Gasteiger partial charge in [0.25, 0.3) is 0 Å². The van der Waals surface area contributed by atoms with E-state index in [9.17, 15) is 14.7 Å². The first-order valence-corrected chi connectivity index (χ1v) is 9.29. The van der Waals surface area contributed by atoms with E-state index in [1.807, 2.05) is 31.2 Å². The molecule has 0 amide bonds. The van der Waals surface area contributed by atoms with E-state index in [0.717, 1.165) is 19.3 Å². The van der Waals surface area contributed by atoms with Crippen LogP contribution < -0.4 is 0 Å². The molecule has 0 fully saturated rings. The molecule has 2 N–H and O–H groups in total. The molecular formula is C22H30O4. The molecule has 0 aromatic heterocycles. The fourth-order valence-corrected chi connectivity index (χ4v) is 2.63. The molecule has 1 aliphatic carbocycles. The molecule has 0 aromatic carbocycles. The number of carboxylic acid groups (broad SMARTS) is 1. The van der Waals surface area contributed by atoms with Crippen LogP contribution in [-0.4, -0.2) is 28.1 Å². The van der Waals surface area contributed by atoms with Crippen LogP contribution in [0.25, 0.3) is 0 Å². The number of aliphatic hydroxyl groups is 1. The maximum Gasteiger partial charge on any atom is 0.303 e. The first-order valence-electron chi connectivity index (χ1n) is 9.29. The summed E-state index contributed by atoms with van der Waals surface area (Å²) in [7, 11) is 0. The lowest BCUT2D eigenvalue weighted by molar-refractivity contribution is -0.136. The summed E-state index contributed by atoms with van der Waals surface area (Å²) in [6, 6.07) is 0. The summed E-state index contributed by atoms with van der Waals surface area (Å²) < 4.78 is 0. The average Bonchev–Trinajstić information content (AvgIpc) is 2.97. The largest absolute Gasteiger partial charge is 0.481 e. The van der Waals surface area contributed by atoms with Crippen LogP contribution in [0.5, 0.6) is 0 Å². The molecule has 142 valence electrons. The molecular weight excluding hydrogens is 328 g/mol. The summed E-state index contributed by atoms with van der Waals surface area (Å²) in [4.78, 5) is 22.3. The summed E-state index contributed by atoms with van der Waals surface area (Å²) >= 11 is 0. The number of aliphatic carboxylic acids is 1. The van der Waals surface area contributed by atoms with Gasteiger partial charge in [0.15, 0.2) is 5.78 Å². The van der Waals surface area contributed by atoms with Crippen LogP contribution in [-0.2, 0) is 9.59 Å². The standard InChI is InChI=1S/C22H30O4/c1-2-19(23)15-16-20-18(14-17-21(20)24)12-10-8-6-4-3-5-7-9-11-13-22(25)26/h3-4,7-10,14-20,23H,2,5-6,11-13H2,1H3,(H,25,26)/b4-3-,9-7-,10-8-,16-15+/t18-,19-,20-/m1/s1. The van der Waals surface area contributed by atoms with Crippen LogP contribution >= 0.6 is 0 Å². The Kier molecular flexibility index (Phi) is 11.0. The van der Waals surface area contributed by atoms with Gasteiger partial charge in [-0.3, -0.25) is 9.59 Å². The second-order valence-corrected chi connectivity index (χ2v) is 6.37. The van der Waals surface area contributed by atoms with Crippen molar-refractivity contribution < 1.29 is 19.8 Å². The predicted octanol–water partition coefficient (Wildman–Crippen LogP) is 4.39. The van der Waals surface area contributed by atoms with E-state index in [1.54, 1.807) is 12.2 Å². The number of carbonyl (C=O) groups excluding carboxylic acids is 1. The average molecular weight is 358 g/mol. The van der Waals surface area contributed by atoms with Crippen molar-refractivity contribution in [2.75, 3.05) is 0 Å². The van der Waals surface area contributed by atoms with Gasteiger partial charge in [-0.05, 0) is 44.1 Å². The highest BCUT2D eigenvalue weighted by atomic mass is 16.4.